The van der Waals surface area contributed by atoms with Gasteiger partial charge in [-0.15, -0.1) is 0 Å². The van der Waals surface area contributed by atoms with Crippen molar-refractivity contribution in [1.29, 1.82) is 0 Å². The molecular formula is C18H16ClNO2. The summed E-state index contributed by atoms with van der Waals surface area (Å²) in [4.78, 5) is 12.3. The minimum Gasteiger partial charge on any atom is -0.463 e. The second-order valence-electron chi connectivity index (χ2n) is 5.04. The first-order valence-corrected chi connectivity index (χ1v) is 7.56. The number of carbonyl (C=O) groups excluding carboxylic acids is 1. The molecule has 2 aromatic rings. The standard InChI is InChI=1S/C18H16ClNO2/c1-2-22-18(21)15-11-20-16-9-8-13(19)10-14(16)17(15)12-6-4-3-5-7-12/h3-11,17,20H,2H2,1H3. The van der Waals surface area contributed by atoms with E-state index in [1.807, 2.05) is 48.5 Å². The van der Waals surface area contributed by atoms with Crippen LogP contribution in [0.25, 0.3) is 0 Å². The largest absolute Gasteiger partial charge is 0.463 e. The van der Waals surface area contributed by atoms with E-state index in [2.05, 4.69) is 5.32 Å². The van der Waals surface area contributed by atoms with Crippen molar-refractivity contribution in [2.24, 2.45) is 0 Å². The lowest BCUT2D eigenvalue weighted by atomic mass is 9.82. The van der Waals surface area contributed by atoms with Gasteiger partial charge in [0, 0.05) is 22.8 Å². The Morgan fingerprint density at radius 1 is 1.23 bits per heavy atom. The van der Waals surface area contributed by atoms with E-state index in [9.17, 15) is 4.79 Å². The third-order valence-electron chi connectivity index (χ3n) is 3.66. The van der Waals surface area contributed by atoms with Crippen LogP contribution in [0, 0.1) is 0 Å². The van der Waals surface area contributed by atoms with Gasteiger partial charge < -0.3 is 10.1 Å². The van der Waals surface area contributed by atoms with Gasteiger partial charge in [-0.25, -0.2) is 4.79 Å². The van der Waals surface area contributed by atoms with Gasteiger partial charge in [0.05, 0.1) is 12.2 Å². The lowest BCUT2D eigenvalue weighted by molar-refractivity contribution is -0.138. The van der Waals surface area contributed by atoms with Gasteiger partial charge in [-0.1, -0.05) is 41.9 Å². The number of benzene rings is 2. The highest BCUT2D eigenvalue weighted by Crippen LogP contribution is 2.40. The van der Waals surface area contributed by atoms with Crippen LogP contribution >= 0.6 is 11.6 Å². The topological polar surface area (TPSA) is 38.3 Å². The molecule has 1 heterocycles. The second kappa shape index (κ2) is 6.24. The van der Waals surface area contributed by atoms with Crippen molar-refractivity contribution in [1.82, 2.24) is 0 Å². The highest BCUT2D eigenvalue weighted by Gasteiger charge is 2.30. The van der Waals surface area contributed by atoms with E-state index in [1.54, 1.807) is 13.1 Å². The van der Waals surface area contributed by atoms with E-state index < -0.39 is 0 Å². The molecule has 4 heteroatoms. The highest BCUT2D eigenvalue weighted by molar-refractivity contribution is 6.30. The molecule has 0 fully saturated rings. The smallest absolute Gasteiger partial charge is 0.336 e. The molecule has 0 saturated heterocycles. The Morgan fingerprint density at radius 2 is 2.00 bits per heavy atom. The van der Waals surface area contributed by atoms with Crippen molar-refractivity contribution in [2.75, 3.05) is 11.9 Å². The summed E-state index contributed by atoms with van der Waals surface area (Å²) in [5.41, 5.74) is 3.55. The molecule has 0 saturated carbocycles. The van der Waals surface area contributed by atoms with Crippen LogP contribution in [-0.2, 0) is 9.53 Å². The van der Waals surface area contributed by atoms with Crippen LogP contribution in [0.5, 0.6) is 0 Å². The van der Waals surface area contributed by atoms with Gasteiger partial charge >= 0.3 is 5.97 Å². The fraction of sp³-hybridized carbons (Fsp3) is 0.167. The third kappa shape index (κ3) is 2.72. The van der Waals surface area contributed by atoms with Gasteiger partial charge in [0.15, 0.2) is 0 Å². The molecule has 1 N–H and O–H groups in total. The summed E-state index contributed by atoms with van der Waals surface area (Å²) in [6.07, 6.45) is 1.73. The van der Waals surface area contributed by atoms with Crippen LogP contribution in [0.3, 0.4) is 0 Å². The molecule has 22 heavy (non-hydrogen) atoms. The molecule has 0 radical (unpaired) electrons. The number of carbonyl (C=O) groups is 1. The molecule has 1 aliphatic heterocycles. The maximum absolute atomic E-state index is 12.3. The number of rotatable bonds is 3. The quantitative estimate of drug-likeness (QED) is 0.856. The maximum atomic E-state index is 12.3. The summed E-state index contributed by atoms with van der Waals surface area (Å²) >= 11 is 6.15. The van der Waals surface area contributed by atoms with E-state index in [0.29, 0.717) is 17.2 Å². The molecule has 3 nitrogen and oxygen atoms in total. The zero-order valence-electron chi connectivity index (χ0n) is 12.2. The first-order chi connectivity index (χ1) is 10.7. The Balaban J connectivity index is 2.12. The summed E-state index contributed by atoms with van der Waals surface area (Å²) in [6, 6.07) is 15.5. The molecule has 1 unspecified atom stereocenters. The molecule has 0 aliphatic carbocycles. The van der Waals surface area contributed by atoms with Crippen molar-refractivity contribution in [3.8, 4) is 0 Å². The summed E-state index contributed by atoms with van der Waals surface area (Å²) in [5, 5.41) is 3.80. The maximum Gasteiger partial charge on any atom is 0.336 e. The fourth-order valence-corrected chi connectivity index (χ4v) is 2.89. The Hall–Kier alpha value is -2.26. The lowest BCUT2D eigenvalue weighted by Gasteiger charge is -2.27. The number of hydrogen-bond donors (Lipinski definition) is 1. The van der Waals surface area contributed by atoms with Crippen LogP contribution in [0.15, 0.2) is 60.3 Å². The van der Waals surface area contributed by atoms with Crippen molar-refractivity contribution < 1.29 is 9.53 Å². The first-order valence-electron chi connectivity index (χ1n) is 7.19. The highest BCUT2D eigenvalue weighted by atomic mass is 35.5. The number of fused-ring (bicyclic) bond motifs is 1. The molecule has 1 atom stereocenters. The molecular weight excluding hydrogens is 298 g/mol. The lowest BCUT2D eigenvalue weighted by Crippen LogP contribution is -2.21. The Bertz CT molecular complexity index is 725. The SMILES string of the molecule is CCOC(=O)C1=CNc2ccc(Cl)cc2C1c1ccccc1. The first kappa shape index (κ1) is 14.7. The fourth-order valence-electron chi connectivity index (χ4n) is 2.71. The third-order valence-corrected chi connectivity index (χ3v) is 3.90. The number of hydrogen-bond acceptors (Lipinski definition) is 3. The minimum absolute atomic E-state index is 0.185. The van der Waals surface area contributed by atoms with Gasteiger partial charge in [-0.2, -0.15) is 0 Å². The number of anilines is 1. The van der Waals surface area contributed by atoms with Crippen LogP contribution in [0.2, 0.25) is 5.02 Å². The zero-order valence-corrected chi connectivity index (χ0v) is 12.9. The molecule has 0 bridgehead atoms. The Labute approximate surface area is 134 Å². The predicted octanol–water partition coefficient (Wildman–Crippen LogP) is 4.34. The van der Waals surface area contributed by atoms with Crippen LogP contribution in [0.4, 0.5) is 5.69 Å². The zero-order chi connectivity index (χ0) is 15.5. The average molecular weight is 314 g/mol. The molecule has 1 aliphatic rings. The molecule has 0 amide bonds. The van der Waals surface area contributed by atoms with Crippen LogP contribution in [-0.4, -0.2) is 12.6 Å². The van der Waals surface area contributed by atoms with Crippen molar-refractivity contribution in [3.63, 3.8) is 0 Å². The summed E-state index contributed by atoms with van der Waals surface area (Å²) < 4.78 is 5.20. The van der Waals surface area contributed by atoms with Crippen molar-refractivity contribution >= 4 is 23.3 Å². The molecule has 3 rings (SSSR count). The van der Waals surface area contributed by atoms with Crippen LogP contribution < -0.4 is 5.32 Å². The van der Waals surface area contributed by atoms with E-state index in [-0.39, 0.29) is 11.9 Å². The Kier molecular flexibility index (Phi) is 4.16. The molecule has 112 valence electrons. The average Bonchev–Trinajstić information content (AvgIpc) is 2.54. The summed E-state index contributed by atoms with van der Waals surface area (Å²) in [6.45, 7) is 2.15. The summed E-state index contributed by atoms with van der Waals surface area (Å²) in [5.74, 6) is -0.496. The van der Waals surface area contributed by atoms with Gasteiger partial charge in [0.1, 0.15) is 0 Å². The van der Waals surface area contributed by atoms with E-state index in [1.165, 1.54) is 0 Å². The number of halogens is 1. The predicted molar refractivity (Wildman–Crippen MR) is 88.1 cm³/mol. The van der Waals surface area contributed by atoms with Crippen molar-refractivity contribution in [3.05, 3.63) is 76.5 Å². The number of ether oxygens (including phenoxy) is 1. The van der Waals surface area contributed by atoms with Crippen molar-refractivity contribution in [2.45, 2.75) is 12.8 Å². The van der Waals surface area contributed by atoms with Gasteiger partial charge in [-0.3, -0.25) is 0 Å². The van der Waals surface area contributed by atoms with Gasteiger partial charge in [0.25, 0.3) is 0 Å². The van der Waals surface area contributed by atoms with Crippen LogP contribution in [0.1, 0.15) is 24.0 Å². The molecule has 0 spiro atoms. The summed E-state index contributed by atoms with van der Waals surface area (Å²) in [7, 11) is 0. The molecule has 0 aromatic heterocycles. The van der Waals surface area contributed by atoms with Gasteiger partial charge in [-0.05, 0) is 36.2 Å². The minimum atomic E-state index is -0.311. The normalized spacial score (nSPS) is 16.3. The van der Waals surface area contributed by atoms with Gasteiger partial charge in [0.2, 0.25) is 0 Å². The van der Waals surface area contributed by atoms with E-state index in [4.69, 9.17) is 16.3 Å². The monoisotopic (exact) mass is 313 g/mol. The Morgan fingerprint density at radius 3 is 2.73 bits per heavy atom. The number of nitrogens with one attached hydrogen (secondary N) is 1. The van der Waals surface area contributed by atoms with E-state index >= 15 is 0 Å². The van der Waals surface area contributed by atoms with E-state index in [0.717, 1.165) is 16.8 Å². The molecule has 2 aromatic carbocycles. The number of esters is 1. The second-order valence-corrected chi connectivity index (χ2v) is 5.48.